The summed E-state index contributed by atoms with van der Waals surface area (Å²) < 4.78 is 35.0. The van der Waals surface area contributed by atoms with E-state index in [9.17, 15) is 28.5 Å². The van der Waals surface area contributed by atoms with E-state index in [1.807, 2.05) is 0 Å². The SMILES string of the molecule is Nc1ncnc2c1ncn2[C@]1(S(=O)(=O)NC(=O)c2cccnc2Cl)O[C@H](CO)[C@@H](O)[C@H]1O. The lowest BCUT2D eigenvalue weighted by Gasteiger charge is -2.32. The molecule has 0 bridgehead atoms. The van der Waals surface area contributed by atoms with Crippen LogP contribution in [0.15, 0.2) is 31.0 Å². The van der Waals surface area contributed by atoms with Crippen molar-refractivity contribution in [1.82, 2.24) is 29.2 Å². The molecule has 4 rings (SSSR count). The number of amides is 1. The zero-order chi connectivity index (χ0) is 23.3. The molecule has 1 saturated heterocycles. The molecule has 0 aliphatic carbocycles. The topological polar surface area (TPSA) is 216 Å². The maximum atomic E-state index is 13.5. The predicted octanol–water partition coefficient (Wildman–Crippen LogP) is -2.06. The summed E-state index contributed by atoms with van der Waals surface area (Å²) in [6.45, 7) is -0.846. The molecule has 32 heavy (non-hydrogen) atoms. The van der Waals surface area contributed by atoms with Gasteiger partial charge >= 0.3 is 5.06 Å². The van der Waals surface area contributed by atoms with E-state index < -0.39 is 45.9 Å². The van der Waals surface area contributed by atoms with Crippen molar-refractivity contribution in [2.45, 2.75) is 23.4 Å². The molecule has 1 aliphatic rings. The Morgan fingerprint density at radius 1 is 1.31 bits per heavy atom. The predicted molar refractivity (Wildman–Crippen MR) is 107 cm³/mol. The van der Waals surface area contributed by atoms with Crippen LogP contribution in [0.1, 0.15) is 10.4 Å². The van der Waals surface area contributed by atoms with E-state index >= 15 is 0 Å². The minimum absolute atomic E-state index is 0.0264. The zero-order valence-corrected chi connectivity index (χ0v) is 17.5. The summed E-state index contributed by atoms with van der Waals surface area (Å²) in [4.78, 5) is 28.0. The second kappa shape index (κ2) is 7.88. The van der Waals surface area contributed by atoms with Gasteiger partial charge in [0.25, 0.3) is 15.9 Å². The second-order valence-corrected chi connectivity index (χ2v) is 8.88. The van der Waals surface area contributed by atoms with Gasteiger partial charge in [0.1, 0.15) is 41.6 Å². The molecule has 3 aromatic rings. The largest absolute Gasteiger partial charge is 0.394 e. The van der Waals surface area contributed by atoms with Gasteiger partial charge in [0.15, 0.2) is 11.5 Å². The van der Waals surface area contributed by atoms with Gasteiger partial charge in [-0.2, -0.15) is 0 Å². The molecule has 170 valence electrons. The molecular weight excluding hydrogens is 470 g/mol. The Kier molecular flexibility index (Phi) is 5.48. The number of rotatable bonds is 5. The summed E-state index contributed by atoms with van der Waals surface area (Å²) in [6.07, 6.45) is -2.33. The van der Waals surface area contributed by atoms with E-state index in [-0.39, 0.29) is 27.7 Å². The van der Waals surface area contributed by atoms with E-state index in [4.69, 9.17) is 22.1 Å². The molecule has 4 heterocycles. The van der Waals surface area contributed by atoms with Crippen LogP contribution >= 0.6 is 11.6 Å². The molecule has 1 amide bonds. The van der Waals surface area contributed by atoms with Gasteiger partial charge in [-0.1, -0.05) is 11.6 Å². The molecule has 3 aromatic heterocycles. The highest BCUT2D eigenvalue weighted by molar-refractivity contribution is 7.90. The van der Waals surface area contributed by atoms with Crippen molar-refractivity contribution in [1.29, 1.82) is 0 Å². The molecular formula is C16H16ClN7O7S. The summed E-state index contributed by atoms with van der Waals surface area (Å²) in [7, 11) is -5.05. The highest BCUT2D eigenvalue weighted by Gasteiger charge is 2.65. The summed E-state index contributed by atoms with van der Waals surface area (Å²) in [5.74, 6) is -1.28. The number of anilines is 1. The molecule has 0 spiro atoms. The molecule has 0 unspecified atom stereocenters. The van der Waals surface area contributed by atoms with E-state index in [0.717, 1.165) is 17.2 Å². The van der Waals surface area contributed by atoms with Gasteiger partial charge in [0.05, 0.1) is 12.2 Å². The monoisotopic (exact) mass is 485 g/mol. The number of nitrogens with zero attached hydrogens (tertiary/aromatic N) is 5. The third-order valence-corrected chi connectivity index (χ3v) is 6.95. The van der Waals surface area contributed by atoms with Crippen LogP contribution in [0, 0.1) is 0 Å². The average Bonchev–Trinajstić information content (AvgIpc) is 3.29. The first kappa shape index (κ1) is 22.3. The number of nitrogens with one attached hydrogen (secondary N) is 1. The van der Waals surface area contributed by atoms with Gasteiger partial charge in [0, 0.05) is 6.20 Å². The van der Waals surface area contributed by atoms with E-state index in [1.165, 1.54) is 18.3 Å². The van der Waals surface area contributed by atoms with Crippen LogP contribution in [0.25, 0.3) is 11.2 Å². The number of carbonyl (C=O) groups is 1. The molecule has 0 saturated carbocycles. The van der Waals surface area contributed by atoms with Gasteiger partial charge in [-0.15, -0.1) is 0 Å². The molecule has 1 fully saturated rings. The smallest absolute Gasteiger partial charge is 0.300 e. The summed E-state index contributed by atoms with van der Waals surface area (Å²) in [6, 6.07) is 2.59. The van der Waals surface area contributed by atoms with Gasteiger partial charge in [-0.3, -0.25) is 9.36 Å². The molecule has 4 atom stereocenters. The number of pyridine rings is 1. The Morgan fingerprint density at radius 3 is 2.72 bits per heavy atom. The average molecular weight is 486 g/mol. The number of hydrogen-bond acceptors (Lipinski definition) is 12. The summed E-state index contributed by atoms with van der Waals surface area (Å²) >= 11 is 5.87. The number of aliphatic hydroxyl groups excluding tert-OH is 3. The zero-order valence-electron chi connectivity index (χ0n) is 15.9. The number of nitrogen functional groups attached to an aromatic ring is 1. The van der Waals surface area contributed by atoms with Crippen molar-refractivity contribution < 1.29 is 33.3 Å². The first-order chi connectivity index (χ1) is 15.1. The fraction of sp³-hybridized carbons (Fsp3) is 0.312. The fourth-order valence-corrected chi connectivity index (χ4v) is 5.16. The van der Waals surface area contributed by atoms with Crippen LogP contribution < -0.4 is 10.5 Å². The van der Waals surface area contributed by atoms with Crippen molar-refractivity contribution in [3.63, 3.8) is 0 Å². The van der Waals surface area contributed by atoms with Crippen LogP contribution in [0.3, 0.4) is 0 Å². The van der Waals surface area contributed by atoms with E-state index in [2.05, 4.69) is 19.9 Å². The first-order valence-corrected chi connectivity index (χ1v) is 10.8. The van der Waals surface area contributed by atoms with Crippen molar-refractivity contribution >= 4 is 44.5 Å². The molecule has 16 heteroatoms. The molecule has 0 radical (unpaired) electrons. The fourth-order valence-electron chi connectivity index (χ4n) is 3.36. The van der Waals surface area contributed by atoms with Crippen molar-refractivity contribution in [3.8, 4) is 0 Å². The van der Waals surface area contributed by atoms with Crippen molar-refractivity contribution in [3.05, 3.63) is 41.7 Å². The van der Waals surface area contributed by atoms with Crippen LogP contribution in [0.5, 0.6) is 0 Å². The third kappa shape index (κ3) is 3.17. The Balaban J connectivity index is 1.89. The molecule has 14 nitrogen and oxygen atoms in total. The minimum atomic E-state index is -5.05. The Hall–Kier alpha value is -2.95. The lowest BCUT2D eigenvalue weighted by molar-refractivity contribution is -0.0847. The van der Waals surface area contributed by atoms with Gasteiger partial charge in [0.2, 0.25) is 0 Å². The standard InChI is InChI=1S/C16H16ClN7O7S/c17-12-7(2-1-3-19-12)15(28)23-32(29,30)16(11(27)10(26)8(4-25)31-16)24-6-22-9-13(18)20-5-21-14(9)24/h1-3,5-6,8,10-11,25-27H,4H2,(H,23,28)(H2,18,20,21)/t8-,10-,11-,16+/m1/s1. The van der Waals surface area contributed by atoms with Crippen molar-refractivity contribution in [2.75, 3.05) is 12.3 Å². The van der Waals surface area contributed by atoms with Gasteiger partial charge in [-0.05, 0) is 12.1 Å². The summed E-state index contributed by atoms with van der Waals surface area (Å²) in [5.41, 5.74) is 5.27. The number of aliphatic hydroxyl groups is 3. The van der Waals surface area contributed by atoms with Gasteiger partial charge in [-0.25, -0.2) is 33.1 Å². The van der Waals surface area contributed by atoms with Crippen LogP contribution in [0.4, 0.5) is 5.82 Å². The number of hydrogen-bond donors (Lipinski definition) is 5. The maximum Gasteiger partial charge on any atom is 0.300 e. The first-order valence-electron chi connectivity index (χ1n) is 8.90. The number of fused-ring (bicyclic) bond motifs is 1. The number of nitrogens with two attached hydrogens (primary N) is 1. The number of aromatic nitrogens is 5. The maximum absolute atomic E-state index is 13.5. The normalized spacial score (nSPS) is 25.8. The Morgan fingerprint density at radius 2 is 2.06 bits per heavy atom. The van der Waals surface area contributed by atoms with Crippen LogP contribution in [-0.4, -0.2) is 79.1 Å². The van der Waals surface area contributed by atoms with E-state index in [0.29, 0.717) is 0 Å². The number of imidazole rings is 1. The number of halogens is 1. The highest BCUT2D eigenvalue weighted by atomic mass is 35.5. The minimum Gasteiger partial charge on any atom is -0.394 e. The number of ether oxygens (including phenoxy) is 1. The Labute approximate surface area is 184 Å². The molecule has 1 aliphatic heterocycles. The summed E-state index contributed by atoms with van der Waals surface area (Å²) in [5, 5.41) is 27.5. The lowest BCUT2D eigenvalue weighted by atomic mass is 10.1. The van der Waals surface area contributed by atoms with Crippen LogP contribution in [-0.2, 0) is 19.8 Å². The van der Waals surface area contributed by atoms with Gasteiger partial charge < -0.3 is 25.8 Å². The number of sulfonamides is 1. The van der Waals surface area contributed by atoms with Crippen molar-refractivity contribution in [2.24, 2.45) is 0 Å². The Bertz CT molecular complexity index is 1300. The van der Waals surface area contributed by atoms with Crippen LogP contribution in [0.2, 0.25) is 5.15 Å². The second-order valence-electron chi connectivity index (χ2n) is 6.73. The molecule has 0 aromatic carbocycles. The lowest BCUT2D eigenvalue weighted by Crippen LogP contribution is -2.56. The van der Waals surface area contributed by atoms with E-state index in [1.54, 1.807) is 4.72 Å². The highest BCUT2D eigenvalue weighted by Crippen LogP contribution is 2.41. The third-order valence-electron chi connectivity index (χ3n) is 4.89. The molecule has 6 N–H and O–H groups in total. The number of carbonyl (C=O) groups excluding carboxylic acids is 1. The quantitative estimate of drug-likeness (QED) is 0.246.